The molecule has 0 spiro atoms. The first-order valence-corrected chi connectivity index (χ1v) is 9.96. The molecule has 8 heteroatoms. The zero-order chi connectivity index (χ0) is 17.2. The van der Waals surface area contributed by atoms with E-state index in [1.165, 1.54) is 4.31 Å². The molecule has 1 aliphatic heterocycles. The van der Waals surface area contributed by atoms with Crippen molar-refractivity contribution in [2.45, 2.75) is 58.5 Å². The zero-order valence-corrected chi connectivity index (χ0v) is 15.1. The molecule has 0 aliphatic carbocycles. The second-order valence-electron chi connectivity index (χ2n) is 6.11. The van der Waals surface area contributed by atoms with Crippen molar-refractivity contribution in [3.05, 3.63) is 11.8 Å². The van der Waals surface area contributed by atoms with E-state index in [-0.39, 0.29) is 11.9 Å². The number of anilines is 1. The van der Waals surface area contributed by atoms with Crippen molar-refractivity contribution in [2.75, 3.05) is 18.1 Å². The predicted molar refractivity (Wildman–Crippen MR) is 89.8 cm³/mol. The molecule has 1 aromatic rings. The Morgan fingerprint density at radius 1 is 1.43 bits per heavy atom. The summed E-state index contributed by atoms with van der Waals surface area (Å²) < 4.78 is 26.7. The summed E-state index contributed by atoms with van der Waals surface area (Å²) >= 11 is 0. The minimum atomic E-state index is -3.37. The standard InChI is InChI=1S/C15H26N4O3S/c1-5-12(6-2)19-14(10-11(3)17-19)16-15(20)13-8-7-9-18(13)23(4,21)22/h10,12-13H,5-9H2,1-4H3,(H,16,20). The first-order chi connectivity index (χ1) is 10.8. The summed E-state index contributed by atoms with van der Waals surface area (Å²) in [7, 11) is -3.37. The van der Waals surface area contributed by atoms with Crippen LogP contribution < -0.4 is 5.32 Å². The molecular formula is C15H26N4O3S. The van der Waals surface area contributed by atoms with Crippen molar-refractivity contribution < 1.29 is 13.2 Å². The van der Waals surface area contributed by atoms with Gasteiger partial charge in [0.15, 0.2) is 0 Å². The molecule has 1 amide bonds. The van der Waals surface area contributed by atoms with E-state index in [9.17, 15) is 13.2 Å². The highest BCUT2D eigenvalue weighted by molar-refractivity contribution is 7.88. The molecule has 1 aliphatic rings. The van der Waals surface area contributed by atoms with Crippen LogP contribution >= 0.6 is 0 Å². The number of hydrogen-bond donors (Lipinski definition) is 1. The summed E-state index contributed by atoms with van der Waals surface area (Å²) in [6.07, 6.45) is 4.24. The molecule has 1 atom stereocenters. The van der Waals surface area contributed by atoms with Crippen molar-refractivity contribution in [2.24, 2.45) is 0 Å². The number of amides is 1. The summed E-state index contributed by atoms with van der Waals surface area (Å²) in [5, 5.41) is 7.35. The van der Waals surface area contributed by atoms with Crippen LogP contribution in [0.2, 0.25) is 0 Å². The van der Waals surface area contributed by atoms with Gasteiger partial charge >= 0.3 is 0 Å². The summed E-state index contributed by atoms with van der Waals surface area (Å²) in [4.78, 5) is 12.6. The van der Waals surface area contributed by atoms with E-state index in [0.29, 0.717) is 25.2 Å². The maximum atomic E-state index is 12.6. The van der Waals surface area contributed by atoms with E-state index < -0.39 is 16.1 Å². The van der Waals surface area contributed by atoms with E-state index >= 15 is 0 Å². The van der Waals surface area contributed by atoms with Crippen LogP contribution in [0.25, 0.3) is 0 Å². The van der Waals surface area contributed by atoms with Gasteiger partial charge in [-0.15, -0.1) is 0 Å². The van der Waals surface area contributed by atoms with Gasteiger partial charge in [-0.3, -0.25) is 4.79 Å². The fourth-order valence-corrected chi connectivity index (χ4v) is 4.26. The molecule has 23 heavy (non-hydrogen) atoms. The Hall–Kier alpha value is -1.41. The van der Waals surface area contributed by atoms with Crippen LogP contribution in [0.1, 0.15) is 51.3 Å². The van der Waals surface area contributed by atoms with Gasteiger partial charge in [0.2, 0.25) is 15.9 Å². The Morgan fingerprint density at radius 2 is 2.09 bits per heavy atom. The molecule has 2 rings (SSSR count). The molecule has 0 bridgehead atoms. The van der Waals surface area contributed by atoms with Gasteiger partial charge in [0.05, 0.1) is 18.0 Å². The average Bonchev–Trinajstić information content (AvgIpc) is 3.07. The number of carbonyl (C=O) groups excluding carboxylic acids is 1. The van der Waals surface area contributed by atoms with Crippen LogP contribution in [0.5, 0.6) is 0 Å². The number of rotatable bonds is 6. The van der Waals surface area contributed by atoms with E-state index in [0.717, 1.165) is 24.8 Å². The highest BCUT2D eigenvalue weighted by Gasteiger charge is 2.36. The summed E-state index contributed by atoms with van der Waals surface area (Å²) in [5.41, 5.74) is 0.832. The Kier molecular flexibility index (Phi) is 5.46. The monoisotopic (exact) mass is 342 g/mol. The first kappa shape index (κ1) is 17.9. The molecule has 0 saturated carbocycles. The molecule has 1 fully saturated rings. The molecule has 1 unspecified atom stereocenters. The Labute approximate surface area is 138 Å². The number of hydrogen-bond acceptors (Lipinski definition) is 4. The van der Waals surface area contributed by atoms with Gasteiger partial charge in [0.25, 0.3) is 0 Å². The molecular weight excluding hydrogens is 316 g/mol. The van der Waals surface area contributed by atoms with Gasteiger partial charge in [-0.05, 0) is 32.6 Å². The second-order valence-corrected chi connectivity index (χ2v) is 8.04. The molecule has 1 saturated heterocycles. The van der Waals surface area contributed by atoms with E-state index in [2.05, 4.69) is 24.3 Å². The van der Waals surface area contributed by atoms with Gasteiger partial charge < -0.3 is 5.32 Å². The van der Waals surface area contributed by atoms with Crippen molar-refractivity contribution in [1.82, 2.24) is 14.1 Å². The van der Waals surface area contributed by atoms with Crippen LogP contribution in [0.15, 0.2) is 6.07 Å². The highest BCUT2D eigenvalue weighted by atomic mass is 32.2. The van der Waals surface area contributed by atoms with Crippen LogP contribution in [0.4, 0.5) is 5.82 Å². The number of nitrogens with one attached hydrogen (secondary N) is 1. The van der Waals surface area contributed by atoms with Crippen LogP contribution in [0.3, 0.4) is 0 Å². The molecule has 1 N–H and O–H groups in total. The molecule has 2 heterocycles. The minimum Gasteiger partial charge on any atom is -0.309 e. The lowest BCUT2D eigenvalue weighted by Crippen LogP contribution is -2.42. The fraction of sp³-hybridized carbons (Fsp3) is 0.733. The van der Waals surface area contributed by atoms with Crippen molar-refractivity contribution >= 4 is 21.7 Å². The maximum Gasteiger partial charge on any atom is 0.243 e. The summed E-state index contributed by atoms with van der Waals surface area (Å²) in [6.45, 7) is 6.45. The summed E-state index contributed by atoms with van der Waals surface area (Å²) in [6, 6.07) is 1.42. The van der Waals surface area contributed by atoms with E-state index in [1.807, 2.05) is 17.7 Å². The quantitative estimate of drug-likeness (QED) is 0.856. The SMILES string of the molecule is CCC(CC)n1nc(C)cc1NC(=O)C1CCCN1S(C)(=O)=O. The third-order valence-corrected chi connectivity index (χ3v) is 5.62. The van der Waals surface area contributed by atoms with Gasteiger partial charge in [0.1, 0.15) is 11.9 Å². The van der Waals surface area contributed by atoms with Gasteiger partial charge in [0, 0.05) is 12.6 Å². The van der Waals surface area contributed by atoms with Gasteiger partial charge in [-0.2, -0.15) is 9.40 Å². The largest absolute Gasteiger partial charge is 0.309 e. The maximum absolute atomic E-state index is 12.6. The number of aryl methyl sites for hydroxylation is 1. The molecule has 0 aromatic carbocycles. The number of sulfonamides is 1. The summed E-state index contributed by atoms with van der Waals surface area (Å²) in [5.74, 6) is 0.363. The normalized spacial score (nSPS) is 19.4. The van der Waals surface area contributed by atoms with Crippen LogP contribution in [0, 0.1) is 6.92 Å². The third-order valence-electron chi connectivity index (χ3n) is 4.33. The lowest BCUT2D eigenvalue weighted by atomic mass is 10.2. The van der Waals surface area contributed by atoms with Crippen LogP contribution in [-0.2, 0) is 14.8 Å². The average molecular weight is 342 g/mol. The Balaban J connectivity index is 2.21. The van der Waals surface area contributed by atoms with Crippen molar-refractivity contribution in [1.29, 1.82) is 0 Å². The van der Waals surface area contributed by atoms with Gasteiger partial charge in [-0.1, -0.05) is 13.8 Å². The molecule has 1 aromatic heterocycles. The molecule has 0 radical (unpaired) electrons. The highest BCUT2D eigenvalue weighted by Crippen LogP contribution is 2.25. The Bertz CT molecular complexity index is 664. The minimum absolute atomic E-state index is 0.216. The molecule has 130 valence electrons. The first-order valence-electron chi connectivity index (χ1n) is 8.11. The zero-order valence-electron chi connectivity index (χ0n) is 14.2. The van der Waals surface area contributed by atoms with Crippen LogP contribution in [-0.4, -0.2) is 47.3 Å². The van der Waals surface area contributed by atoms with E-state index in [4.69, 9.17) is 0 Å². The fourth-order valence-electron chi connectivity index (χ4n) is 3.13. The number of carbonyl (C=O) groups is 1. The number of nitrogens with zero attached hydrogens (tertiary/aromatic N) is 3. The van der Waals surface area contributed by atoms with Crippen molar-refractivity contribution in [3.63, 3.8) is 0 Å². The topological polar surface area (TPSA) is 84.3 Å². The third kappa shape index (κ3) is 3.92. The lowest BCUT2D eigenvalue weighted by Gasteiger charge is -2.22. The lowest BCUT2D eigenvalue weighted by molar-refractivity contribution is -0.119. The molecule has 7 nitrogen and oxygen atoms in total. The predicted octanol–water partition coefficient (Wildman–Crippen LogP) is 1.92. The second kappa shape index (κ2) is 7.00. The van der Waals surface area contributed by atoms with Gasteiger partial charge in [-0.25, -0.2) is 13.1 Å². The number of aromatic nitrogens is 2. The smallest absolute Gasteiger partial charge is 0.243 e. The Morgan fingerprint density at radius 3 is 2.65 bits per heavy atom. The van der Waals surface area contributed by atoms with Crippen molar-refractivity contribution in [3.8, 4) is 0 Å². The van der Waals surface area contributed by atoms with E-state index in [1.54, 1.807) is 0 Å².